The highest BCUT2D eigenvalue weighted by Gasteiger charge is 2.27. The van der Waals surface area contributed by atoms with E-state index in [0.717, 1.165) is 83.5 Å². The lowest BCUT2D eigenvalue weighted by atomic mass is 10.1. The van der Waals surface area contributed by atoms with Crippen LogP contribution in [-0.4, -0.2) is 86.1 Å². The Labute approximate surface area is 382 Å². The molecule has 0 rings (SSSR count). The summed E-state index contributed by atoms with van der Waals surface area (Å²) in [6, 6.07) is 0. The van der Waals surface area contributed by atoms with Gasteiger partial charge in [0.15, 0.2) is 6.10 Å². The van der Waals surface area contributed by atoms with Crippen molar-refractivity contribution < 1.29 is 47.2 Å². The van der Waals surface area contributed by atoms with Crippen LogP contribution in [0.25, 0.3) is 0 Å². The number of esters is 2. The number of allylic oxidation sites excluding steroid dienone is 21. The lowest BCUT2D eigenvalue weighted by Gasteiger charge is -2.24. The maximum Gasteiger partial charge on any atom is 0.472 e. The third-order valence-electron chi connectivity index (χ3n) is 8.79. The Bertz CT molecular complexity index is 1540. The van der Waals surface area contributed by atoms with Gasteiger partial charge in [-0.3, -0.25) is 18.6 Å². The van der Waals surface area contributed by atoms with Gasteiger partial charge in [-0.05, 0) is 89.9 Å². The van der Waals surface area contributed by atoms with Gasteiger partial charge in [-0.25, -0.2) is 4.57 Å². The summed E-state index contributed by atoms with van der Waals surface area (Å²) >= 11 is 0. The second kappa shape index (κ2) is 42.1. The fourth-order valence-corrected chi connectivity index (χ4v) is 5.95. The van der Waals surface area contributed by atoms with Gasteiger partial charge in [0, 0.05) is 12.8 Å². The third kappa shape index (κ3) is 45.9. The summed E-state index contributed by atoms with van der Waals surface area (Å²) in [5.41, 5.74) is 0. The lowest BCUT2D eigenvalue weighted by molar-refractivity contribution is -0.870. The molecule has 10 nitrogen and oxygen atoms in total. The van der Waals surface area contributed by atoms with E-state index in [1.165, 1.54) is 0 Å². The Kier molecular flexibility index (Phi) is 39.5. The highest BCUT2D eigenvalue weighted by atomic mass is 31.2. The first-order valence-corrected chi connectivity index (χ1v) is 24.5. The molecule has 354 valence electrons. The summed E-state index contributed by atoms with van der Waals surface area (Å²) in [5, 5.41) is 10.3. The summed E-state index contributed by atoms with van der Waals surface area (Å²) in [5.74, 6) is -1.14. The number of aliphatic hydroxyl groups excluding tert-OH is 1. The molecule has 2 unspecified atom stereocenters. The summed E-state index contributed by atoms with van der Waals surface area (Å²) in [7, 11) is 1.30. The van der Waals surface area contributed by atoms with Gasteiger partial charge < -0.3 is 24.0 Å². The highest BCUT2D eigenvalue weighted by Crippen LogP contribution is 2.43. The average molecular weight is 897 g/mol. The fourth-order valence-electron chi connectivity index (χ4n) is 5.21. The molecule has 0 aliphatic carbocycles. The van der Waals surface area contributed by atoms with Crippen LogP contribution < -0.4 is 0 Å². The molecular weight excluding hydrogens is 814 g/mol. The monoisotopic (exact) mass is 897 g/mol. The van der Waals surface area contributed by atoms with Gasteiger partial charge >= 0.3 is 19.8 Å². The van der Waals surface area contributed by atoms with E-state index in [1.807, 2.05) is 33.3 Å². The topological polar surface area (TPSA) is 129 Å². The molecule has 0 radical (unpaired) electrons. The zero-order valence-corrected chi connectivity index (χ0v) is 40.2. The first-order chi connectivity index (χ1) is 30.4. The van der Waals surface area contributed by atoms with E-state index in [1.54, 1.807) is 12.2 Å². The first-order valence-electron chi connectivity index (χ1n) is 23.0. The molecule has 0 saturated heterocycles. The molecule has 0 fully saturated rings. The van der Waals surface area contributed by atoms with Gasteiger partial charge in [0.1, 0.15) is 19.8 Å². The zero-order chi connectivity index (χ0) is 46.5. The molecule has 0 spiro atoms. The number of phosphoric ester groups is 1. The smallest absolute Gasteiger partial charge is 0.462 e. The van der Waals surface area contributed by atoms with Crippen LogP contribution in [0.4, 0.5) is 0 Å². The van der Waals surface area contributed by atoms with Gasteiger partial charge in [0.05, 0.1) is 33.9 Å². The molecule has 0 aliphatic rings. The number of hydrogen-bond acceptors (Lipinski definition) is 8. The van der Waals surface area contributed by atoms with Gasteiger partial charge in [-0.1, -0.05) is 154 Å². The maximum atomic E-state index is 12.7. The second-order valence-electron chi connectivity index (χ2n) is 15.9. The van der Waals surface area contributed by atoms with E-state index in [0.29, 0.717) is 17.4 Å². The van der Waals surface area contributed by atoms with Gasteiger partial charge in [-0.2, -0.15) is 0 Å². The molecule has 0 heterocycles. The van der Waals surface area contributed by atoms with E-state index >= 15 is 0 Å². The number of quaternary nitrogens is 1. The minimum atomic E-state index is -4.45. The molecule has 63 heavy (non-hydrogen) atoms. The maximum absolute atomic E-state index is 12.7. The van der Waals surface area contributed by atoms with Crippen LogP contribution >= 0.6 is 7.82 Å². The largest absolute Gasteiger partial charge is 0.472 e. The number of unbranched alkanes of at least 4 members (excludes halogenated alkanes) is 3. The Morgan fingerprint density at radius 2 is 1.05 bits per heavy atom. The molecule has 2 N–H and O–H groups in total. The standard InChI is InChI=1S/C52H82NO9P/c1-6-8-10-12-14-16-18-20-22-24-25-26-28-30-32-34-36-38-40-42-52(56)62-50(48-61-63(57,58)60-46-45-53(3,4)5)47-59-51(55)44-43-49(54)41-39-37-35-33-31-29-27-23-21-19-17-15-13-11-9-7-2/h8-11,14-17,20-23,25-26,29-32,35,37,39,41,49-50,54H,6-7,12-13,18-19,24,27-28,33-34,36,38,40,42-48H2,1-5H3/p+1/b10-8-,11-9-,16-14-,17-15-,22-20-,23-21-,26-25-,31-29-,32-30-,37-35-,41-39-/t49?,50-/m1/s1. The molecule has 0 saturated carbocycles. The van der Waals surface area contributed by atoms with Crippen LogP contribution in [0.15, 0.2) is 134 Å². The van der Waals surface area contributed by atoms with Crippen molar-refractivity contribution in [2.24, 2.45) is 0 Å². The molecular formula is C52H83NO9P+. The summed E-state index contributed by atoms with van der Waals surface area (Å²) < 4.78 is 34.1. The lowest BCUT2D eigenvalue weighted by Crippen LogP contribution is -2.37. The normalized spacial score (nSPS) is 15.2. The van der Waals surface area contributed by atoms with Crippen LogP contribution in [0.2, 0.25) is 0 Å². The molecule has 0 aliphatic heterocycles. The Balaban J connectivity index is 4.65. The minimum Gasteiger partial charge on any atom is -0.462 e. The number of phosphoric acid groups is 1. The minimum absolute atomic E-state index is 0.0196. The van der Waals surface area contributed by atoms with Crippen molar-refractivity contribution >= 4 is 19.8 Å². The molecule has 3 atom stereocenters. The highest BCUT2D eigenvalue weighted by molar-refractivity contribution is 7.47. The Morgan fingerprint density at radius 1 is 0.571 bits per heavy atom. The number of likely N-dealkylation sites (N-methyl/N-ethyl adjacent to an activating group) is 1. The number of aliphatic hydroxyl groups is 1. The second-order valence-corrected chi connectivity index (χ2v) is 17.3. The summed E-state index contributed by atoms with van der Waals surface area (Å²) in [4.78, 5) is 35.5. The van der Waals surface area contributed by atoms with Crippen LogP contribution in [0.3, 0.4) is 0 Å². The fraction of sp³-hybridized carbons (Fsp3) is 0.538. The molecule has 11 heteroatoms. The van der Waals surface area contributed by atoms with Gasteiger partial charge in [0.25, 0.3) is 0 Å². The van der Waals surface area contributed by atoms with Gasteiger partial charge in [0.2, 0.25) is 0 Å². The number of carbonyl (C=O) groups excluding carboxylic acids is 2. The van der Waals surface area contributed by atoms with E-state index in [-0.39, 0.29) is 32.5 Å². The third-order valence-corrected chi connectivity index (χ3v) is 9.78. The van der Waals surface area contributed by atoms with Crippen LogP contribution in [-0.2, 0) is 32.7 Å². The number of rotatable bonds is 39. The average Bonchev–Trinajstić information content (AvgIpc) is 3.24. The Hall–Kier alpha value is -3.89. The summed E-state index contributed by atoms with van der Waals surface area (Å²) in [6.07, 6.45) is 56.9. The van der Waals surface area contributed by atoms with E-state index in [4.69, 9.17) is 18.5 Å². The molecule has 0 amide bonds. The van der Waals surface area contributed by atoms with Crippen LogP contribution in [0.1, 0.15) is 123 Å². The molecule has 0 bridgehead atoms. The van der Waals surface area contributed by atoms with Crippen molar-refractivity contribution in [3.05, 3.63) is 134 Å². The molecule has 0 aromatic heterocycles. The van der Waals surface area contributed by atoms with Crippen molar-refractivity contribution in [2.75, 3.05) is 47.5 Å². The van der Waals surface area contributed by atoms with Crippen molar-refractivity contribution in [3.63, 3.8) is 0 Å². The number of hydrogen-bond donors (Lipinski definition) is 2. The van der Waals surface area contributed by atoms with E-state index < -0.39 is 38.6 Å². The molecule has 0 aromatic carbocycles. The van der Waals surface area contributed by atoms with Crippen LogP contribution in [0.5, 0.6) is 0 Å². The zero-order valence-electron chi connectivity index (χ0n) is 39.4. The number of ether oxygens (including phenoxy) is 2. The number of carbonyl (C=O) groups is 2. The quantitative estimate of drug-likeness (QED) is 0.0155. The first kappa shape index (κ1) is 59.1. The van der Waals surface area contributed by atoms with E-state index in [2.05, 4.69) is 123 Å². The summed E-state index contributed by atoms with van der Waals surface area (Å²) in [6.45, 7) is 3.84. The number of nitrogens with zero attached hydrogens (tertiary/aromatic N) is 1. The van der Waals surface area contributed by atoms with Crippen molar-refractivity contribution in [3.8, 4) is 0 Å². The Morgan fingerprint density at radius 3 is 1.54 bits per heavy atom. The van der Waals surface area contributed by atoms with Crippen molar-refractivity contribution in [1.82, 2.24) is 0 Å². The predicted molar refractivity (Wildman–Crippen MR) is 262 cm³/mol. The van der Waals surface area contributed by atoms with Crippen LogP contribution in [0, 0.1) is 0 Å². The van der Waals surface area contributed by atoms with E-state index in [9.17, 15) is 24.2 Å². The predicted octanol–water partition coefficient (Wildman–Crippen LogP) is 12.4. The van der Waals surface area contributed by atoms with Gasteiger partial charge in [-0.15, -0.1) is 0 Å². The van der Waals surface area contributed by atoms with Crippen molar-refractivity contribution in [2.45, 2.75) is 135 Å². The van der Waals surface area contributed by atoms with Crippen molar-refractivity contribution in [1.29, 1.82) is 0 Å². The SMILES string of the molecule is CC/C=C\C/C=C\C/C=C\C/C=C\C/C=C\C=C/C(O)CCC(=O)OC[C@H](COP(=O)(O)OCC[N+](C)(C)C)OC(=O)CCCCC/C=C\C/C=C\C/C=C\C/C=C\C/C=C\CC. The molecule has 0 aromatic rings.